The molecule has 0 amide bonds. The Kier molecular flexibility index (Phi) is 3.61. The normalized spacial score (nSPS) is 20.5. The van der Waals surface area contributed by atoms with Gasteiger partial charge in [0.15, 0.2) is 16.1 Å². The molecule has 1 aromatic heterocycles. The fourth-order valence-corrected chi connectivity index (χ4v) is 1.64. The van der Waals surface area contributed by atoms with E-state index >= 15 is 0 Å². The Hall–Kier alpha value is -0.580. The van der Waals surface area contributed by atoms with Gasteiger partial charge in [-0.1, -0.05) is 23.2 Å². The third-order valence-corrected chi connectivity index (χ3v) is 2.63. The van der Waals surface area contributed by atoms with Crippen LogP contribution in [0.1, 0.15) is 6.42 Å². The number of aromatic nitrogens is 2. The van der Waals surface area contributed by atoms with Gasteiger partial charge in [0.05, 0.1) is 13.2 Å². The van der Waals surface area contributed by atoms with Crippen LogP contribution in [0.2, 0.25) is 10.3 Å². The van der Waals surface area contributed by atoms with E-state index in [1.807, 2.05) is 0 Å². The second-order valence-electron chi connectivity index (χ2n) is 3.36. The molecule has 1 aliphatic heterocycles. The van der Waals surface area contributed by atoms with Gasteiger partial charge in [-0.25, -0.2) is 0 Å². The van der Waals surface area contributed by atoms with Gasteiger partial charge in [0.25, 0.3) is 0 Å². The Morgan fingerprint density at radius 2 is 2.33 bits per heavy atom. The van der Waals surface area contributed by atoms with Crippen molar-refractivity contribution in [3.8, 4) is 5.75 Å². The number of rotatable bonds is 3. The fourth-order valence-electron chi connectivity index (χ4n) is 1.36. The first-order chi connectivity index (χ1) is 7.25. The fraction of sp³-hybridized carbons (Fsp3) is 0.556. The predicted molar refractivity (Wildman–Crippen MR) is 56.5 cm³/mol. The third-order valence-electron chi connectivity index (χ3n) is 2.19. The van der Waals surface area contributed by atoms with Gasteiger partial charge < -0.3 is 9.47 Å². The number of halogens is 2. The maximum absolute atomic E-state index is 5.79. The maximum Gasteiger partial charge on any atom is 0.193 e. The zero-order valence-corrected chi connectivity index (χ0v) is 9.46. The van der Waals surface area contributed by atoms with E-state index in [1.54, 1.807) is 6.07 Å². The molecule has 0 aromatic carbocycles. The van der Waals surface area contributed by atoms with E-state index < -0.39 is 0 Å². The molecule has 0 N–H and O–H groups in total. The lowest BCUT2D eigenvalue weighted by molar-refractivity contribution is 0.167. The molecule has 0 aliphatic carbocycles. The van der Waals surface area contributed by atoms with Gasteiger partial charge in [-0.3, -0.25) is 0 Å². The summed E-state index contributed by atoms with van der Waals surface area (Å²) in [5.74, 6) is 0.900. The average molecular weight is 249 g/mol. The molecule has 1 fully saturated rings. The summed E-state index contributed by atoms with van der Waals surface area (Å²) >= 11 is 11.5. The summed E-state index contributed by atoms with van der Waals surface area (Å²) in [5.41, 5.74) is 0. The molecule has 1 unspecified atom stereocenters. The minimum absolute atomic E-state index is 0.235. The van der Waals surface area contributed by atoms with E-state index in [0.29, 0.717) is 18.3 Å². The second-order valence-corrected chi connectivity index (χ2v) is 4.11. The van der Waals surface area contributed by atoms with Crippen molar-refractivity contribution in [3.63, 3.8) is 0 Å². The lowest BCUT2D eigenvalue weighted by Crippen LogP contribution is -2.12. The minimum Gasteiger partial charge on any atom is -0.490 e. The van der Waals surface area contributed by atoms with Crippen molar-refractivity contribution in [1.82, 2.24) is 10.2 Å². The van der Waals surface area contributed by atoms with Gasteiger partial charge in [-0.05, 0) is 6.42 Å². The van der Waals surface area contributed by atoms with Crippen LogP contribution >= 0.6 is 23.2 Å². The van der Waals surface area contributed by atoms with Gasteiger partial charge in [0.1, 0.15) is 0 Å². The van der Waals surface area contributed by atoms with Crippen LogP contribution in [0.15, 0.2) is 6.07 Å². The van der Waals surface area contributed by atoms with Crippen molar-refractivity contribution in [1.29, 1.82) is 0 Å². The first-order valence-corrected chi connectivity index (χ1v) is 5.40. The topological polar surface area (TPSA) is 44.2 Å². The lowest BCUT2D eigenvalue weighted by Gasteiger charge is -2.10. The zero-order chi connectivity index (χ0) is 10.7. The number of nitrogens with zero attached hydrogens (tertiary/aromatic N) is 2. The Morgan fingerprint density at radius 1 is 1.47 bits per heavy atom. The highest BCUT2D eigenvalue weighted by molar-refractivity contribution is 6.32. The molecule has 6 heteroatoms. The van der Waals surface area contributed by atoms with Crippen molar-refractivity contribution in [2.45, 2.75) is 6.42 Å². The molecule has 0 bridgehead atoms. The standard InChI is InChI=1S/C9H10Cl2N2O2/c10-8-3-7(9(11)13-12-8)15-5-6-1-2-14-4-6/h3,6H,1-2,4-5H2. The molecule has 0 spiro atoms. The van der Waals surface area contributed by atoms with E-state index in [1.165, 1.54) is 0 Å². The van der Waals surface area contributed by atoms with E-state index in [9.17, 15) is 0 Å². The Morgan fingerprint density at radius 3 is 3.07 bits per heavy atom. The summed E-state index contributed by atoms with van der Waals surface area (Å²) in [6.45, 7) is 2.11. The molecule has 1 aliphatic rings. The third kappa shape index (κ3) is 2.93. The molecule has 1 saturated heterocycles. The summed E-state index contributed by atoms with van der Waals surface area (Å²) in [5, 5.41) is 7.76. The molecule has 2 rings (SSSR count). The predicted octanol–water partition coefficient (Wildman–Crippen LogP) is 2.20. The van der Waals surface area contributed by atoms with Crippen molar-refractivity contribution in [2.24, 2.45) is 5.92 Å². The van der Waals surface area contributed by atoms with Crippen LogP contribution in [0.25, 0.3) is 0 Å². The van der Waals surface area contributed by atoms with Crippen LogP contribution in [0.3, 0.4) is 0 Å². The highest BCUT2D eigenvalue weighted by Crippen LogP contribution is 2.24. The highest BCUT2D eigenvalue weighted by atomic mass is 35.5. The van der Waals surface area contributed by atoms with Gasteiger partial charge in [0, 0.05) is 18.6 Å². The van der Waals surface area contributed by atoms with E-state index in [2.05, 4.69) is 10.2 Å². The summed E-state index contributed by atoms with van der Waals surface area (Å²) in [6, 6.07) is 1.56. The Labute approximate surface area is 97.5 Å². The van der Waals surface area contributed by atoms with E-state index in [0.717, 1.165) is 19.6 Å². The molecular formula is C9H10Cl2N2O2. The molecular weight excluding hydrogens is 239 g/mol. The first-order valence-electron chi connectivity index (χ1n) is 4.65. The van der Waals surface area contributed by atoms with Crippen LogP contribution in [0.4, 0.5) is 0 Å². The van der Waals surface area contributed by atoms with Gasteiger partial charge in [-0.2, -0.15) is 0 Å². The van der Waals surface area contributed by atoms with Crippen molar-refractivity contribution < 1.29 is 9.47 Å². The second kappa shape index (κ2) is 4.96. The zero-order valence-electron chi connectivity index (χ0n) is 7.95. The SMILES string of the molecule is Clc1cc(OCC2CCOC2)c(Cl)nn1. The molecule has 0 radical (unpaired) electrons. The summed E-state index contributed by atoms with van der Waals surface area (Å²) in [6.07, 6.45) is 1.02. The summed E-state index contributed by atoms with van der Waals surface area (Å²) < 4.78 is 10.7. The maximum atomic E-state index is 5.79. The van der Waals surface area contributed by atoms with Crippen LogP contribution in [0, 0.1) is 5.92 Å². The van der Waals surface area contributed by atoms with Crippen LogP contribution < -0.4 is 4.74 Å². The number of hydrogen-bond donors (Lipinski definition) is 0. The largest absolute Gasteiger partial charge is 0.490 e. The van der Waals surface area contributed by atoms with Crippen molar-refractivity contribution in [3.05, 3.63) is 16.4 Å². The highest BCUT2D eigenvalue weighted by Gasteiger charge is 2.17. The van der Waals surface area contributed by atoms with Crippen LogP contribution in [-0.4, -0.2) is 30.0 Å². The average Bonchev–Trinajstić information content (AvgIpc) is 2.72. The number of hydrogen-bond acceptors (Lipinski definition) is 4. The first kappa shape index (κ1) is 10.9. The molecule has 15 heavy (non-hydrogen) atoms. The summed E-state index contributed by atoms with van der Waals surface area (Å²) in [4.78, 5) is 0. The smallest absolute Gasteiger partial charge is 0.193 e. The Balaban J connectivity index is 1.94. The molecule has 82 valence electrons. The Bertz CT molecular complexity index is 343. The summed E-state index contributed by atoms with van der Waals surface area (Å²) in [7, 11) is 0. The van der Waals surface area contributed by atoms with Gasteiger partial charge in [-0.15, -0.1) is 10.2 Å². The molecule has 0 saturated carbocycles. The van der Waals surface area contributed by atoms with Crippen LogP contribution in [-0.2, 0) is 4.74 Å². The van der Waals surface area contributed by atoms with Gasteiger partial charge in [0.2, 0.25) is 0 Å². The molecule has 1 atom stereocenters. The van der Waals surface area contributed by atoms with Crippen molar-refractivity contribution in [2.75, 3.05) is 19.8 Å². The number of ether oxygens (including phenoxy) is 2. The molecule has 2 heterocycles. The minimum atomic E-state index is 0.235. The van der Waals surface area contributed by atoms with E-state index in [4.69, 9.17) is 32.7 Å². The quantitative estimate of drug-likeness (QED) is 0.823. The molecule has 4 nitrogen and oxygen atoms in total. The van der Waals surface area contributed by atoms with E-state index in [-0.39, 0.29) is 10.3 Å². The molecule has 1 aromatic rings. The van der Waals surface area contributed by atoms with Crippen LogP contribution in [0.5, 0.6) is 5.75 Å². The lowest BCUT2D eigenvalue weighted by atomic mass is 10.1. The van der Waals surface area contributed by atoms with Gasteiger partial charge >= 0.3 is 0 Å². The monoisotopic (exact) mass is 248 g/mol. The van der Waals surface area contributed by atoms with Crippen molar-refractivity contribution >= 4 is 23.2 Å².